The van der Waals surface area contributed by atoms with E-state index >= 15 is 0 Å². The van der Waals surface area contributed by atoms with E-state index in [-0.39, 0.29) is 6.04 Å². The molecule has 1 aromatic rings. The monoisotopic (exact) mass is 302 g/mol. The fourth-order valence-corrected chi connectivity index (χ4v) is 2.01. The van der Waals surface area contributed by atoms with Crippen LogP contribution in [0.3, 0.4) is 0 Å². The predicted molar refractivity (Wildman–Crippen MR) is 71.9 cm³/mol. The van der Waals surface area contributed by atoms with Crippen LogP contribution >= 0.6 is 15.9 Å². The molecule has 1 rings (SSSR count). The predicted octanol–water partition coefficient (Wildman–Crippen LogP) is 2.39. The van der Waals surface area contributed by atoms with E-state index in [4.69, 9.17) is 15.3 Å². The SMILES string of the molecule is CCCOCC(NN)c1cc(OC)ccc1Br. The van der Waals surface area contributed by atoms with Crippen LogP contribution in [0.15, 0.2) is 22.7 Å². The number of hydrogen-bond donors (Lipinski definition) is 2. The standard InChI is InChI=1S/C12H19BrN2O2/c1-3-6-17-8-12(15-14)10-7-9(16-2)4-5-11(10)13/h4-5,7,12,15H,3,6,8,14H2,1-2H3. The molecule has 0 bridgehead atoms. The van der Waals surface area contributed by atoms with Crippen LogP contribution in [0.5, 0.6) is 5.75 Å². The molecule has 0 aliphatic carbocycles. The molecule has 0 aliphatic rings. The first kappa shape index (κ1) is 14.4. The lowest BCUT2D eigenvalue weighted by Crippen LogP contribution is -2.31. The van der Waals surface area contributed by atoms with E-state index in [2.05, 4.69) is 28.3 Å². The Morgan fingerprint density at radius 3 is 2.82 bits per heavy atom. The number of rotatable bonds is 7. The third kappa shape index (κ3) is 4.27. The van der Waals surface area contributed by atoms with Crippen LogP contribution in [0.1, 0.15) is 24.9 Å². The Kier molecular flexibility index (Phi) is 6.50. The molecular weight excluding hydrogens is 284 g/mol. The molecule has 17 heavy (non-hydrogen) atoms. The van der Waals surface area contributed by atoms with Crippen molar-refractivity contribution in [1.29, 1.82) is 0 Å². The molecule has 1 atom stereocenters. The summed E-state index contributed by atoms with van der Waals surface area (Å²) in [6.45, 7) is 3.35. The Morgan fingerprint density at radius 1 is 1.47 bits per heavy atom. The van der Waals surface area contributed by atoms with E-state index in [1.165, 1.54) is 0 Å². The maximum atomic E-state index is 5.56. The Bertz CT molecular complexity index is 347. The highest BCUT2D eigenvalue weighted by Gasteiger charge is 2.14. The van der Waals surface area contributed by atoms with E-state index in [1.807, 2.05) is 18.2 Å². The van der Waals surface area contributed by atoms with Crippen molar-refractivity contribution in [2.24, 2.45) is 5.84 Å². The first-order valence-corrected chi connectivity index (χ1v) is 6.39. The van der Waals surface area contributed by atoms with Crippen molar-refractivity contribution in [3.63, 3.8) is 0 Å². The van der Waals surface area contributed by atoms with Gasteiger partial charge in [0.25, 0.3) is 0 Å². The summed E-state index contributed by atoms with van der Waals surface area (Å²) in [5.41, 5.74) is 3.79. The topological polar surface area (TPSA) is 56.5 Å². The molecule has 1 aromatic carbocycles. The quantitative estimate of drug-likeness (QED) is 0.461. The van der Waals surface area contributed by atoms with Gasteiger partial charge in [0.2, 0.25) is 0 Å². The van der Waals surface area contributed by atoms with Crippen molar-refractivity contribution in [3.8, 4) is 5.75 Å². The number of nitrogens with one attached hydrogen (secondary N) is 1. The molecule has 0 spiro atoms. The van der Waals surface area contributed by atoms with Crippen LogP contribution in [-0.2, 0) is 4.74 Å². The zero-order valence-electron chi connectivity index (χ0n) is 10.2. The maximum Gasteiger partial charge on any atom is 0.119 e. The Labute approximate surface area is 111 Å². The second-order valence-electron chi connectivity index (χ2n) is 3.68. The molecule has 0 saturated carbocycles. The van der Waals surface area contributed by atoms with Gasteiger partial charge in [-0.3, -0.25) is 11.3 Å². The summed E-state index contributed by atoms with van der Waals surface area (Å²) < 4.78 is 11.7. The van der Waals surface area contributed by atoms with Crippen LogP contribution in [0, 0.1) is 0 Å². The number of ether oxygens (including phenoxy) is 2. The molecule has 96 valence electrons. The smallest absolute Gasteiger partial charge is 0.119 e. The van der Waals surface area contributed by atoms with Gasteiger partial charge in [0.15, 0.2) is 0 Å². The summed E-state index contributed by atoms with van der Waals surface area (Å²) in [7, 11) is 1.64. The fraction of sp³-hybridized carbons (Fsp3) is 0.500. The van der Waals surface area contributed by atoms with Crippen LogP contribution in [0.25, 0.3) is 0 Å². The van der Waals surface area contributed by atoms with Gasteiger partial charge in [0, 0.05) is 11.1 Å². The van der Waals surface area contributed by atoms with Crippen molar-refractivity contribution in [2.45, 2.75) is 19.4 Å². The van der Waals surface area contributed by atoms with Gasteiger partial charge in [-0.2, -0.15) is 0 Å². The van der Waals surface area contributed by atoms with E-state index in [9.17, 15) is 0 Å². The third-order valence-electron chi connectivity index (χ3n) is 2.41. The minimum Gasteiger partial charge on any atom is -0.497 e. The molecule has 0 aliphatic heterocycles. The molecule has 4 nitrogen and oxygen atoms in total. The molecule has 0 amide bonds. The highest BCUT2D eigenvalue weighted by Crippen LogP contribution is 2.27. The molecule has 0 fully saturated rings. The first-order chi connectivity index (χ1) is 8.22. The zero-order chi connectivity index (χ0) is 12.7. The average Bonchev–Trinajstić information content (AvgIpc) is 2.36. The van der Waals surface area contributed by atoms with Crippen LogP contribution < -0.4 is 16.0 Å². The maximum absolute atomic E-state index is 5.56. The van der Waals surface area contributed by atoms with E-state index in [0.29, 0.717) is 6.61 Å². The second-order valence-corrected chi connectivity index (χ2v) is 4.54. The van der Waals surface area contributed by atoms with Gasteiger partial charge >= 0.3 is 0 Å². The van der Waals surface area contributed by atoms with Crippen molar-refractivity contribution in [1.82, 2.24) is 5.43 Å². The van der Waals surface area contributed by atoms with Crippen molar-refractivity contribution >= 4 is 15.9 Å². The normalized spacial score (nSPS) is 12.5. The molecule has 0 radical (unpaired) electrons. The molecular formula is C12H19BrN2O2. The van der Waals surface area contributed by atoms with Gasteiger partial charge in [-0.05, 0) is 30.2 Å². The Balaban J connectivity index is 2.78. The van der Waals surface area contributed by atoms with Crippen molar-refractivity contribution in [2.75, 3.05) is 20.3 Å². The van der Waals surface area contributed by atoms with Crippen LogP contribution in [-0.4, -0.2) is 20.3 Å². The molecule has 0 aromatic heterocycles. The summed E-state index contributed by atoms with van der Waals surface area (Å²) in [5.74, 6) is 6.36. The number of hydrogen-bond acceptors (Lipinski definition) is 4. The highest BCUT2D eigenvalue weighted by atomic mass is 79.9. The van der Waals surface area contributed by atoms with Gasteiger partial charge < -0.3 is 9.47 Å². The molecule has 0 heterocycles. The van der Waals surface area contributed by atoms with Crippen molar-refractivity contribution < 1.29 is 9.47 Å². The molecule has 0 saturated heterocycles. The average molecular weight is 303 g/mol. The summed E-state index contributed by atoms with van der Waals surface area (Å²) >= 11 is 3.50. The molecule has 1 unspecified atom stereocenters. The molecule has 3 N–H and O–H groups in total. The summed E-state index contributed by atoms with van der Waals surface area (Å²) in [5, 5.41) is 0. The second kappa shape index (κ2) is 7.66. The summed E-state index contributed by atoms with van der Waals surface area (Å²) in [4.78, 5) is 0. The van der Waals surface area contributed by atoms with Crippen LogP contribution in [0.4, 0.5) is 0 Å². The lowest BCUT2D eigenvalue weighted by Gasteiger charge is -2.18. The summed E-state index contributed by atoms with van der Waals surface area (Å²) in [6.07, 6.45) is 0.997. The Morgan fingerprint density at radius 2 is 2.24 bits per heavy atom. The third-order valence-corrected chi connectivity index (χ3v) is 3.13. The number of methoxy groups -OCH3 is 1. The zero-order valence-corrected chi connectivity index (χ0v) is 11.8. The molecule has 5 heteroatoms. The lowest BCUT2D eigenvalue weighted by molar-refractivity contribution is 0.112. The first-order valence-electron chi connectivity index (χ1n) is 5.60. The largest absolute Gasteiger partial charge is 0.497 e. The van der Waals surface area contributed by atoms with Gasteiger partial charge in [-0.1, -0.05) is 22.9 Å². The minimum atomic E-state index is -0.0500. The van der Waals surface area contributed by atoms with E-state index in [0.717, 1.165) is 28.8 Å². The number of hydrazine groups is 1. The number of benzene rings is 1. The number of halogens is 1. The summed E-state index contributed by atoms with van der Waals surface area (Å²) in [6, 6.07) is 5.74. The van der Waals surface area contributed by atoms with Crippen molar-refractivity contribution in [3.05, 3.63) is 28.2 Å². The van der Waals surface area contributed by atoms with Crippen LogP contribution in [0.2, 0.25) is 0 Å². The van der Waals surface area contributed by atoms with Gasteiger partial charge in [0.05, 0.1) is 19.8 Å². The van der Waals surface area contributed by atoms with E-state index in [1.54, 1.807) is 7.11 Å². The van der Waals surface area contributed by atoms with Gasteiger partial charge in [0.1, 0.15) is 5.75 Å². The number of nitrogens with two attached hydrogens (primary N) is 1. The minimum absolute atomic E-state index is 0.0500. The Hall–Kier alpha value is -0.620. The highest BCUT2D eigenvalue weighted by molar-refractivity contribution is 9.10. The fourth-order valence-electron chi connectivity index (χ4n) is 1.49. The van der Waals surface area contributed by atoms with Gasteiger partial charge in [-0.15, -0.1) is 0 Å². The van der Waals surface area contributed by atoms with E-state index < -0.39 is 0 Å². The lowest BCUT2D eigenvalue weighted by atomic mass is 10.1. The van der Waals surface area contributed by atoms with Gasteiger partial charge in [-0.25, -0.2) is 0 Å².